The molecule has 14 heavy (non-hydrogen) atoms. The summed E-state index contributed by atoms with van der Waals surface area (Å²) in [6, 6.07) is 0.184. The summed E-state index contributed by atoms with van der Waals surface area (Å²) in [5, 5.41) is 20.0. The molecule has 0 bridgehead atoms. The lowest BCUT2D eigenvalue weighted by atomic mass is 10.2. The molecular weight excluding hydrogens is 186 g/mol. The van der Waals surface area contributed by atoms with Crippen LogP contribution in [-0.2, 0) is 9.53 Å². The summed E-state index contributed by atoms with van der Waals surface area (Å²) in [6.07, 6.45) is 0.807. The van der Waals surface area contributed by atoms with Gasteiger partial charge in [0, 0.05) is 19.0 Å². The lowest BCUT2D eigenvalue weighted by Gasteiger charge is -2.12. The Bertz CT molecular complexity index is 152. The second-order valence-electron chi connectivity index (χ2n) is 3.12. The third-order valence-electron chi connectivity index (χ3n) is 1.77. The van der Waals surface area contributed by atoms with Crippen molar-refractivity contribution in [2.75, 3.05) is 26.4 Å². The van der Waals surface area contributed by atoms with Crippen LogP contribution in [0.3, 0.4) is 0 Å². The second kappa shape index (κ2) is 8.93. The van der Waals surface area contributed by atoms with E-state index in [2.05, 4.69) is 5.32 Å². The molecule has 0 saturated heterocycles. The van der Waals surface area contributed by atoms with Crippen LogP contribution in [0, 0.1) is 0 Å². The van der Waals surface area contributed by atoms with Gasteiger partial charge in [0.25, 0.3) is 0 Å². The van der Waals surface area contributed by atoms with Crippen molar-refractivity contribution >= 4 is 5.97 Å². The zero-order valence-corrected chi connectivity index (χ0v) is 8.53. The van der Waals surface area contributed by atoms with Gasteiger partial charge in [0.05, 0.1) is 19.8 Å². The second-order valence-corrected chi connectivity index (χ2v) is 3.12. The molecule has 0 saturated carbocycles. The average molecular weight is 205 g/mol. The fourth-order valence-electron chi connectivity index (χ4n) is 0.986. The Balaban J connectivity index is 3.18. The summed E-state index contributed by atoms with van der Waals surface area (Å²) in [5.41, 5.74) is 0. The van der Waals surface area contributed by atoms with Gasteiger partial charge in [-0.05, 0) is 13.3 Å². The van der Waals surface area contributed by atoms with Gasteiger partial charge < -0.3 is 20.3 Å². The predicted octanol–water partition coefficient (Wildman–Crippen LogP) is -0.162. The molecule has 0 aliphatic heterocycles. The molecule has 0 aromatic rings. The molecule has 1 unspecified atom stereocenters. The lowest BCUT2D eigenvalue weighted by molar-refractivity contribution is -0.137. The number of rotatable bonds is 9. The smallest absolute Gasteiger partial charge is 0.303 e. The molecule has 84 valence electrons. The number of carboxylic acids is 1. The highest BCUT2D eigenvalue weighted by atomic mass is 16.5. The van der Waals surface area contributed by atoms with Crippen LogP contribution < -0.4 is 5.32 Å². The Morgan fingerprint density at radius 2 is 2.21 bits per heavy atom. The molecule has 0 aliphatic carbocycles. The monoisotopic (exact) mass is 205 g/mol. The van der Waals surface area contributed by atoms with E-state index in [0.29, 0.717) is 26.2 Å². The molecule has 0 heterocycles. The Labute approximate surface area is 84.1 Å². The fourth-order valence-corrected chi connectivity index (χ4v) is 0.986. The van der Waals surface area contributed by atoms with E-state index in [4.69, 9.17) is 14.9 Å². The number of carbonyl (C=O) groups is 1. The number of aliphatic hydroxyl groups is 1. The molecule has 0 aromatic carbocycles. The largest absolute Gasteiger partial charge is 0.481 e. The number of hydrogen-bond acceptors (Lipinski definition) is 4. The summed E-state index contributed by atoms with van der Waals surface area (Å²) in [7, 11) is 0. The summed E-state index contributed by atoms with van der Waals surface area (Å²) in [5.74, 6) is -0.768. The normalized spacial score (nSPS) is 12.7. The molecule has 0 rings (SSSR count). The summed E-state index contributed by atoms with van der Waals surface area (Å²) >= 11 is 0. The van der Waals surface area contributed by atoms with Crippen LogP contribution in [0.5, 0.6) is 0 Å². The first-order valence-electron chi connectivity index (χ1n) is 4.80. The van der Waals surface area contributed by atoms with E-state index in [1.165, 1.54) is 0 Å². The molecule has 0 aromatic heterocycles. The third-order valence-corrected chi connectivity index (χ3v) is 1.77. The Kier molecular flexibility index (Phi) is 8.51. The van der Waals surface area contributed by atoms with E-state index in [1.54, 1.807) is 0 Å². The maximum Gasteiger partial charge on any atom is 0.303 e. The molecule has 1 atom stereocenters. The molecule has 5 nitrogen and oxygen atoms in total. The van der Waals surface area contributed by atoms with Crippen molar-refractivity contribution < 1.29 is 19.7 Å². The minimum atomic E-state index is -0.768. The van der Waals surface area contributed by atoms with Crippen molar-refractivity contribution in [3.8, 4) is 0 Å². The SMILES string of the molecule is CC(CCC(=O)O)NCCOCCO. The van der Waals surface area contributed by atoms with Crippen molar-refractivity contribution in [3.05, 3.63) is 0 Å². The van der Waals surface area contributed by atoms with Crippen LogP contribution in [0.2, 0.25) is 0 Å². The van der Waals surface area contributed by atoms with Crippen molar-refractivity contribution in [2.45, 2.75) is 25.8 Å². The molecule has 0 amide bonds. The summed E-state index contributed by atoms with van der Waals surface area (Å²) in [4.78, 5) is 10.2. The quantitative estimate of drug-likeness (QED) is 0.456. The fraction of sp³-hybridized carbons (Fsp3) is 0.889. The van der Waals surface area contributed by atoms with Crippen LogP contribution >= 0.6 is 0 Å². The van der Waals surface area contributed by atoms with E-state index in [1.807, 2.05) is 6.92 Å². The highest BCUT2D eigenvalue weighted by molar-refractivity contribution is 5.66. The van der Waals surface area contributed by atoms with Crippen molar-refractivity contribution in [1.29, 1.82) is 0 Å². The highest BCUT2D eigenvalue weighted by Crippen LogP contribution is 1.95. The van der Waals surface area contributed by atoms with Crippen LogP contribution in [0.15, 0.2) is 0 Å². The van der Waals surface area contributed by atoms with E-state index in [9.17, 15) is 4.79 Å². The molecule has 0 fully saturated rings. The first kappa shape index (κ1) is 13.4. The molecule has 3 N–H and O–H groups in total. The summed E-state index contributed by atoms with van der Waals surface area (Å²) in [6.45, 7) is 3.55. The maximum atomic E-state index is 10.2. The molecular formula is C9H19NO4. The lowest BCUT2D eigenvalue weighted by Crippen LogP contribution is -2.30. The highest BCUT2D eigenvalue weighted by Gasteiger charge is 2.03. The Morgan fingerprint density at radius 1 is 1.50 bits per heavy atom. The Morgan fingerprint density at radius 3 is 2.79 bits per heavy atom. The van der Waals surface area contributed by atoms with Crippen LogP contribution in [-0.4, -0.2) is 48.6 Å². The van der Waals surface area contributed by atoms with Gasteiger partial charge in [0.1, 0.15) is 0 Å². The number of ether oxygens (including phenoxy) is 1. The first-order chi connectivity index (χ1) is 6.66. The van der Waals surface area contributed by atoms with Crippen LogP contribution in [0.4, 0.5) is 0 Å². The number of aliphatic carboxylic acids is 1. The molecule has 5 heteroatoms. The van der Waals surface area contributed by atoms with Gasteiger partial charge in [-0.2, -0.15) is 0 Å². The predicted molar refractivity (Wildman–Crippen MR) is 52.2 cm³/mol. The van der Waals surface area contributed by atoms with Crippen LogP contribution in [0.25, 0.3) is 0 Å². The molecule has 0 radical (unpaired) electrons. The number of hydrogen-bond donors (Lipinski definition) is 3. The number of carboxylic acid groups (broad SMARTS) is 1. The minimum absolute atomic E-state index is 0.0363. The van der Waals surface area contributed by atoms with E-state index in [-0.39, 0.29) is 19.1 Å². The first-order valence-corrected chi connectivity index (χ1v) is 4.80. The van der Waals surface area contributed by atoms with Gasteiger partial charge in [-0.15, -0.1) is 0 Å². The maximum absolute atomic E-state index is 10.2. The zero-order valence-electron chi connectivity index (χ0n) is 8.53. The van der Waals surface area contributed by atoms with Crippen molar-refractivity contribution in [3.63, 3.8) is 0 Å². The third kappa shape index (κ3) is 9.44. The van der Waals surface area contributed by atoms with Crippen molar-refractivity contribution in [1.82, 2.24) is 5.32 Å². The van der Waals surface area contributed by atoms with E-state index in [0.717, 1.165) is 0 Å². The van der Waals surface area contributed by atoms with Gasteiger partial charge in [0.15, 0.2) is 0 Å². The minimum Gasteiger partial charge on any atom is -0.481 e. The van der Waals surface area contributed by atoms with Crippen LogP contribution in [0.1, 0.15) is 19.8 Å². The number of nitrogens with one attached hydrogen (secondary N) is 1. The molecule has 0 spiro atoms. The van der Waals surface area contributed by atoms with Gasteiger partial charge in [-0.25, -0.2) is 0 Å². The van der Waals surface area contributed by atoms with Gasteiger partial charge in [0.2, 0.25) is 0 Å². The summed E-state index contributed by atoms with van der Waals surface area (Å²) < 4.78 is 5.03. The van der Waals surface area contributed by atoms with E-state index >= 15 is 0 Å². The standard InChI is InChI=1S/C9H19NO4/c1-8(2-3-9(12)13)10-4-6-14-7-5-11/h8,10-11H,2-7H2,1H3,(H,12,13). The van der Waals surface area contributed by atoms with Gasteiger partial charge >= 0.3 is 5.97 Å². The topological polar surface area (TPSA) is 78.8 Å². The zero-order chi connectivity index (χ0) is 10.8. The average Bonchev–Trinajstić information content (AvgIpc) is 2.14. The van der Waals surface area contributed by atoms with Gasteiger partial charge in [-0.3, -0.25) is 4.79 Å². The van der Waals surface area contributed by atoms with E-state index < -0.39 is 5.97 Å². The molecule has 0 aliphatic rings. The Hall–Kier alpha value is -0.650. The van der Waals surface area contributed by atoms with Gasteiger partial charge in [-0.1, -0.05) is 0 Å². The van der Waals surface area contributed by atoms with Crippen molar-refractivity contribution in [2.24, 2.45) is 0 Å². The number of aliphatic hydroxyl groups excluding tert-OH is 1.